The number of hydrogen-bond acceptors (Lipinski definition) is 9. The van der Waals surface area contributed by atoms with Gasteiger partial charge in [0.25, 0.3) is 0 Å². The molecule has 246 valence electrons. The number of aryl methyl sites for hydroxylation is 1. The van der Waals surface area contributed by atoms with Crippen molar-refractivity contribution in [2.75, 3.05) is 11.9 Å². The number of alkyl carbamates (subject to hydrolysis) is 1. The number of nitrogens with one attached hydrogen (secondary N) is 3. The zero-order chi connectivity index (χ0) is 32.4. The minimum atomic E-state index is -3.89. The predicted molar refractivity (Wildman–Crippen MR) is 176 cm³/mol. The number of aromatic nitrogens is 3. The minimum Gasteiger partial charge on any atom is -0.447 e. The molecule has 0 spiro atoms. The normalized spacial score (nSPS) is 21.1. The van der Waals surface area contributed by atoms with Crippen LogP contribution in [-0.2, 0) is 19.5 Å². The molecule has 11 nitrogen and oxygen atoms in total. The van der Waals surface area contributed by atoms with Crippen LogP contribution in [0.5, 0.6) is 0 Å². The molecule has 1 aromatic carbocycles. The van der Waals surface area contributed by atoms with Crippen molar-refractivity contribution in [3.8, 4) is 10.4 Å². The number of carbonyl (C=O) groups excluding carboxylic acids is 1. The molecule has 3 N–H and O–H groups in total. The van der Waals surface area contributed by atoms with E-state index in [4.69, 9.17) is 14.5 Å². The highest BCUT2D eigenvalue weighted by Crippen LogP contribution is 2.42. The number of hydrogen-bond donors (Lipinski definition) is 3. The Kier molecular flexibility index (Phi) is 10.2. The lowest BCUT2D eigenvalue weighted by atomic mass is 9.86. The zero-order valence-corrected chi connectivity index (χ0v) is 28.7. The fourth-order valence-corrected chi connectivity index (χ4v) is 8.85. The molecule has 1 saturated heterocycles. The Hall–Kier alpha value is -3.00. The molecule has 3 aromatic rings. The second kappa shape index (κ2) is 13.8. The van der Waals surface area contributed by atoms with Crippen LogP contribution in [0, 0.1) is 6.92 Å². The molecule has 1 aliphatic carbocycles. The Morgan fingerprint density at radius 2 is 1.87 bits per heavy atom. The fraction of sp³-hybridized carbons (Fsp3) is 0.594. The summed E-state index contributed by atoms with van der Waals surface area (Å²) in [6.45, 7) is 11.8. The summed E-state index contributed by atoms with van der Waals surface area (Å²) >= 11 is 1.55. The summed E-state index contributed by atoms with van der Waals surface area (Å²) in [7, 11) is -3.89. The van der Waals surface area contributed by atoms with Crippen molar-refractivity contribution >= 4 is 39.0 Å². The Morgan fingerprint density at radius 1 is 1.11 bits per heavy atom. The summed E-state index contributed by atoms with van der Waals surface area (Å²) in [5.74, 6) is 0.862. The summed E-state index contributed by atoms with van der Waals surface area (Å²) < 4.78 is 43.4. The second-order valence-corrected chi connectivity index (χ2v) is 16.0. The van der Waals surface area contributed by atoms with Crippen LogP contribution in [-0.4, -0.2) is 53.6 Å². The maximum atomic E-state index is 13.8. The summed E-state index contributed by atoms with van der Waals surface area (Å²) in [5, 5.41) is 11.9. The largest absolute Gasteiger partial charge is 0.447 e. The number of nitrogens with zero attached hydrogens (tertiary/aromatic N) is 3. The lowest BCUT2D eigenvalue weighted by molar-refractivity contribution is -0.0393. The lowest BCUT2D eigenvalue weighted by Crippen LogP contribution is -2.40. The Bertz CT molecular complexity index is 1580. The molecule has 2 aliphatic rings. The monoisotopic (exact) mass is 658 g/mol. The van der Waals surface area contributed by atoms with E-state index in [0.29, 0.717) is 17.1 Å². The van der Waals surface area contributed by atoms with Crippen LogP contribution in [0.2, 0.25) is 0 Å². The fourth-order valence-electron chi connectivity index (χ4n) is 5.85. The van der Waals surface area contributed by atoms with Crippen molar-refractivity contribution in [1.29, 1.82) is 0 Å². The Labute approximate surface area is 270 Å². The van der Waals surface area contributed by atoms with Gasteiger partial charge in [-0.3, -0.25) is 0 Å². The Morgan fingerprint density at radius 3 is 2.53 bits per heavy atom. The van der Waals surface area contributed by atoms with Gasteiger partial charge in [-0.2, -0.15) is 5.10 Å². The first-order chi connectivity index (χ1) is 21.3. The maximum Gasteiger partial charge on any atom is 0.407 e. The first-order valence-corrected chi connectivity index (χ1v) is 18.1. The van der Waals surface area contributed by atoms with Gasteiger partial charge in [0.1, 0.15) is 6.23 Å². The van der Waals surface area contributed by atoms with E-state index in [9.17, 15) is 13.2 Å². The molecule has 3 heterocycles. The number of anilines is 2. The molecule has 2 fully saturated rings. The van der Waals surface area contributed by atoms with Gasteiger partial charge in [-0.25, -0.2) is 27.6 Å². The lowest BCUT2D eigenvalue weighted by Gasteiger charge is -2.28. The van der Waals surface area contributed by atoms with Crippen molar-refractivity contribution in [1.82, 2.24) is 24.8 Å². The Balaban J connectivity index is 1.38. The average Bonchev–Trinajstić information content (AvgIpc) is 3.59. The van der Waals surface area contributed by atoms with Crippen LogP contribution in [0.1, 0.15) is 102 Å². The van der Waals surface area contributed by atoms with Crippen LogP contribution in [0.25, 0.3) is 10.4 Å². The van der Waals surface area contributed by atoms with Crippen molar-refractivity contribution in [2.45, 2.75) is 121 Å². The summed E-state index contributed by atoms with van der Waals surface area (Å²) in [6, 6.07) is 7.35. The van der Waals surface area contributed by atoms with E-state index in [1.165, 1.54) is 0 Å². The molecule has 2 aromatic heterocycles. The molecule has 45 heavy (non-hydrogen) atoms. The number of rotatable bonds is 9. The maximum absolute atomic E-state index is 13.8. The molecular weight excluding hydrogens is 613 g/mol. The number of thiazole rings is 1. The van der Waals surface area contributed by atoms with Crippen LogP contribution >= 0.6 is 11.3 Å². The van der Waals surface area contributed by atoms with Crippen molar-refractivity contribution in [2.24, 2.45) is 0 Å². The van der Waals surface area contributed by atoms with E-state index in [2.05, 4.69) is 20.5 Å². The molecular formula is C32H46N6O5S2. The molecule has 0 radical (unpaired) electrons. The van der Waals surface area contributed by atoms with Gasteiger partial charge < -0.3 is 20.1 Å². The molecule has 1 amide bonds. The van der Waals surface area contributed by atoms with E-state index in [1.54, 1.807) is 17.4 Å². The van der Waals surface area contributed by atoms with Crippen LogP contribution in [0.3, 0.4) is 0 Å². The van der Waals surface area contributed by atoms with Crippen molar-refractivity contribution < 1.29 is 22.7 Å². The smallest absolute Gasteiger partial charge is 0.407 e. The van der Waals surface area contributed by atoms with E-state index in [-0.39, 0.29) is 35.3 Å². The number of benzene rings is 1. The average molecular weight is 659 g/mol. The predicted octanol–water partition coefficient (Wildman–Crippen LogP) is 7.00. The van der Waals surface area contributed by atoms with Crippen LogP contribution in [0.4, 0.5) is 16.3 Å². The molecule has 1 aliphatic heterocycles. The van der Waals surface area contributed by atoms with Gasteiger partial charge >= 0.3 is 6.09 Å². The van der Waals surface area contributed by atoms with Gasteiger partial charge in [-0.05, 0) is 98.6 Å². The molecule has 1 saturated carbocycles. The van der Waals surface area contributed by atoms with Crippen molar-refractivity contribution in [3.05, 3.63) is 41.2 Å². The van der Waals surface area contributed by atoms with E-state index >= 15 is 0 Å². The quantitative estimate of drug-likeness (QED) is 0.224. The molecule has 13 heteroatoms. The number of ether oxygens (including phenoxy) is 2. The highest BCUT2D eigenvalue weighted by molar-refractivity contribution is 7.89. The topological polar surface area (TPSA) is 136 Å². The standard InChI is InChI=1S/C32H46N6O5S2/c1-20(2)43-31(39)35-23-12-10-22(11-13-23)30-33-21(3)29(44-30)25-15-14-24(19-26(25)45(40,41)37-32(4,5)6)34-27-16-17-38(36-27)28-9-7-8-18-42-28/h14-17,19-20,22-23,28,37H,7-13,18H2,1-6H3,(H,34,36)(H,35,39)/t22-,23-,28?. The van der Waals surface area contributed by atoms with Gasteiger partial charge in [0.05, 0.1) is 26.6 Å². The molecule has 0 bridgehead atoms. The second-order valence-electron chi connectivity index (χ2n) is 13.3. The zero-order valence-electron chi connectivity index (χ0n) is 27.1. The number of carbonyl (C=O) groups is 1. The summed E-state index contributed by atoms with van der Waals surface area (Å²) in [4.78, 5) is 18.0. The van der Waals surface area contributed by atoms with Crippen LogP contribution < -0.4 is 15.4 Å². The highest BCUT2D eigenvalue weighted by atomic mass is 32.2. The molecule has 5 rings (SSSR count). The molecule has 1 atom stereocenters. The van der Waals surface area contributed by atoms with Gasteiger partial charge in [-0.1, -0.05) is 6.07 Å². The first-order valence-electron chi connectivity index (χ1n) is 15.8. The molecule has 1 unspecified atom stereocenters. The number of sulfonamides is 1. The van der Waals surface area contributed by atoms with Crippen LogP contribution in [0.15, 0.2) is 35.4 Å². The third-order valence-electron chi connectivity index (χ3n) is 7.84. The van der Waals surface area contributed by atoms with E-state index in [1.807, 2.05) is 70.6 Å². The third kappa shape index (κ3) is 8.63. The van der Waals surface area contributed by atoms with E-state index in [0.717, 1.165) is 67.1 Å². The highest BCUT2D eigenvalue weighted by Gasteiger charge is 2.30. The summed E-state index contributed by atoms with van der Waals surface area (Å²) in [6.07, 6.45) is 7.79. The van der Waals surface area contributed by atoms with Gasteiger partial charge in [-0.15, -0.1) is 11.3 Å². The summed E-state index contributed by atoms with van der Waals surface area (Å²) in [5.41, 5.74) is 1.37. The minimum absolute atomic E-state index is 0.0786. The van der Waals surface area contributed by atoms with Gasteiger partial charge in [0.2, 0.25) is 10.0 Å². The van der Waals surface area contributed by atoms with Gasteiger partial charge in [0.15, 0.2) is 5.82 Å². The number of amides is 1. The van der Waals surface area contributed by atoms with Gasteiger partial charge in [0, 0.05) is 47.6 Å². The third-order valence-corrected chi connectivity index (χ3v) is 11.0. The first kappa shape index (κ1) is 33.4. The van der Waals surface area contributed by atoms with Crippen molar-refractivity contribution in [3.63, 3.8) is 0 Å². The SMILES string of the molecule is Cc1nc([C@H]2CC[C@H](NC(=O)OC(C)C)CC2)sc1-c1ccc(Nc2ccn(C3CCCCO3)n2)cc1S(=O)(=O)NC(C)(C)C. The van der Waals surface area contributed by atoms with E-state index < -0.39 is 15.6 Å².